The lowest BCUT2D eigenvalue weighted by molar-refractivity contribution is 0.0498. The molecule has 2 rings (SSSR count). The van der Waals surface area contributed by atoms with Gasteiger partial charge in [-0.15, -0.1) is 0 Å². The third-order valence-electron chi connectivity index (χ3n) is 3.26. The van der Waals surface area contributed by atoms with E-state index in [-0.39, 0.29) is 18.2 Å². The molecular formula is C13H15F2NO2. The van der Waals surface area contributed by atoms with Crippen LogP contribution in [-0.4, -0.2) is 35.1 Å². The minimum Gasteiger partial charge on any atom is -0.394 e. The molecule has 5 heteroatoms. The van der Waals surface area contributed by atoms with Crippen LogP contribution in [0.1, 0.15) is 29.6 Å². The molecule has 0 aliphatic carbocycles. The SMILES string of the molecule is O=C(c1ccc(F)cc1F)N1CCCCC1CO. The second-order valence-corrected chi connectivity index (χ2v) is 4.45. The topological polar surface area (TPSA) is 40.5 Å². The van der Waals surface area contributed by atoms with E-state index in [1.807, 2.05) is 0 Å². The van der Waals surface area contributed by atoms with Crippen LogP contribution in [0.5, 0.6) is 0 Å². The first-order valence-electron chi connectivity index (χ1n) is 6.00. The Morgan fingerprint density at radius 3 is 2.83 bits per heavy atom. The number of hydrogen-bond acceptors (Lipinski definition) is 2. The number of nitrogens with zero attached hydrogens (tertiary/aromatic N) is 1. The van der Waals surface area contributed by atoms with Crippen molar-refractivity contribution in [3.63, 3.8) is 0 Å². The van der Waals surface area contributed by atoms with Crippen LogP contribution < -0.4 is 0 Å². The second kappa shape index (κ2) is 5.44. The molecule has 1 heterocycles. The monoisotopic (exact) mass is 255 g/mol. The van der Waals surface area contributed by atoms with Crippen LogP contribution in [0.15, 0.2) is 18.2 Å². The van der Waals surface area contributed by atoms with E-state index in [1.54, 1.807) is 0 Å². The zero-order chi connectivity index (χ0) is 13.1. The summed E-state index contributed by atoms with van der Waals surface area (Å²) in [6.07, 6.45) is 2.50. The lowest BCUT2D eigenvalue weighted by Gasteiger charge is -2.34. The van der Waals surface area contributed by atoms with Gasteiger partial charge in [-0.25, -0.2) is 8.78 Å². The fraction of sp³-hybridized carbons (Fsp3) is 0.462. The Morgan fingerprint density at radius 2 is 2.17 bits per heavy atom. The molecule has 1 atom stereocenters. The molecule has 1 amide bonds. The zero-order valence-corrected chi connectivity index (χ0v) is 9.90. The van der Waals surface area contributed by atoms with Gasteiger partial charge in [-0.3, -0.25) is 4.79 Å². The van der Waals surface area contributed by atoms with Gasteiger partial charge in [0.1, 0.15) is 11.6 Å². The van der Waals surface area contributed by atoms with Crippen LogP contribution >= 0.6 is 0 Å². The third kappa shape index (κ3) is 2.51. The van der Waals surface area contributed by atoms with Crippen LogP contribution in [0.25, 0.3) is 0 Å². The number of likely N-dealkylation sites (tertiary alicyclic amines) is 1. The van der Waals surface area contributed by atoms with Crippen LogP contribution in [-0.2, 0) is 0 Å². The average Bonchev–Trinajstić information content (AvgIpc) is 2.38. The van der Waals surface area contributed by atoms with Gasteiger partial charge in [0, 0.05) is 12.6 Å². The molecule has 0 bridgehead atoms. The van der Waals surface area contributed by atoms with Crippen molar-refractivity contribution in [1.29, 1.82) is 0 Å². The smallest absolute Gasteiger partial charge is 0.257 e. The Balaban J connectivity index is 2.24. The molecule has 1 saturated heterocycles. The predicted molar refractivity (Wildman–Crippen MR) is 62.1 cm³/mol. The lowest BCUT2D eigenvalue weighted by Crippen LogP contribution is -2.45. The van der Waals surface area contributed by atoms with E-state index < -0.39 is 17.5 Å². The highest BCUT2D eigenvalue weighted by atomic mass is 19.1. The summed E-state index contributed by atoms with van der Waals surface area (Å²) in [5, 5.41) is 9.22. The summed E-state index contributed by atoms with van der Waals surface area (Å²) in [7, 11) is 0. The maximum absolute atomic E-state index is 13.5. The van der Waals surface area contributed by atoms with Crippen molar-refractivity contribution in [3.8, 4) is 0 Å². The lowest BCUT2D eigenvalue weighted by atomic mass is 10.0. The van der Waals surface area contributed by atoms with Gasteiger partial charge in [-0.2, -0.15) is 0 Å². The molecule has 0 aromatic heterocycles. The zero-order valence-electron chi connectivity index (χ0n) is 9.90. The second-order valence-electron chi connectivity index (χ2n) is 4.45. The molecule has 98 valence electrons. The van der Waals surface area contributed by atoms with Crippen molar-refractivity contribution in [3.05, 3.63) is 35.4 Å². The van der Waals surface area contributed by atoms with E-state index in [0.29, 0.717) is 19.0 Å². The molecule has 1 aromatic rings. The van der Waals surface area contributed by atoms with Crippen molar-refractivity contribution >= 4 is 5.91 Å². The van der Waals surface area contributed by atoms with E-state index >= 15 is 0 Å². The largest absolute Gasteiger partial charge is 0.394 e. The van der Waals surface area contributed by atoms with Gasteiger partial charge < -0.3 is 10.0 Å². The molecule has 1 aliphatic heterocycles. The van der Waals surface area contributed by atoms with E-state index in [2.05, 4.69) is 0 Å². The molecule has 1 fully saturated rings. The summed E-state index contributed by atoms with van der Waals surface area (Å²) < 4.78 is 26.3. The highest BCUT2D eigenvalue weighted by Gasteiger charge is 2.28. The van der Waals surface area contributed by atoms with Gasteiger partial charge in [0.05, 0.1) is 18.2 Å². The van der Waals surface area contributed by atoms with Crippen molar-refractivity contribution < 1.29 is 18.7 Å². The molecule has 3 nitrogen and oxygen atoms in total. The maximum Gasteiger partial charge on any atom is 0.257 e. The first kappa shape index (κ1) is 13.0. The molecule has 0 spiro atoms. The van der Waals surface area contributed by atoms with Crippen LogP contribution in [0.3, 0.4) is 0 Å². The van der Waals surface area contributed by atoms with E-state index in [9.17, 15) is 18.7 Å². The number of carbonyl (C=O) groups excluding carboxylic acids is 1. The fourth-order valence-electron chi connectivity index (χ4n) is 2.28. The number of hydrogen-bond donors (Lipinski definition) is 1. The normalized spacial score (nSPS) is 19.9. The van der Waals surface area contributed by atoms with Crippen molar-refractivity contribution in [2.75, 3.05) is 13.2 Å². The number of amides is 1. The Bertz CT molecular complexity index is 451. The highest BCUT2D eigenvalue weighted by Crippen LogP contribution is 2.21. The first-order chi connectivity index (χ1) is 8.63. The van der Waals surface area contributed by atoms with Crippen molar-refractivity contribution in [2.24, 2.45) is 0 Å². The summed E-state index contributed by atoms with van der Waals surface area (Å²) in [5.74, 6) is -2.05. The van der Waals surface area contributed by atoms with Gasteiger partial charge in [0.2, 0.25) is 0 Å². The van der Waals surface area contributed by atoms with E-state index in [0.717, 1.165) is 25.0 Å². The molecule has 1 aliphatic rings. The van der Waals surface area contributed by atoms with Gasteiger partial charge in [0.25, 0.3) is 5.91 Å². The Morgan fingerprint density at radius 1 is 1.39 bits per heavy atom. The number of carbonyl (C=O) groups is 1. The number of piperidine rings is 1. The van der Waals surface area contributed by atoms with Crippen LogP contribution in [0, 0.1) is 11.6 Å². The highest BCUT2D eigenvalue weighted by molar-refractivity contribution is 5.94. The van der Waals surface area contributed by atoms with Gasteiger partial charge in [0.15, 0.2) is 0 Å². The number of rotatable bonds is 2. The minimum absolute atomic E-state index is 0.130. The Labute approximate surface area is 104 Å². The Kier molecular flexibility index (Phi) is 3.91. The summed E-state index contributed by atoms with van der Waals surface area (Å²) >= 11 is 0. The van der Waals surface area contributed by atoms with Gasteiger partial charge in [-0.05, 0) is 31.4 Å². The summed E-state index contributed by atoms with van der Waals surface area (Å²) in [4.78, 5) is 13.6. The number of aliphatic hydroxyl groups is 1. The van der Waals surface area contributed by atoms with Gasteiger partial charge in [-0.1, -0.05) is 0 Å². The van der Waals surface area contributed by atoms with Crippen molar-refractivity contribution in [1.82, 2.24) is 4.90 Å². The molecule has 18 heavy (non-hydrogen) atoms. The van der Waals surface area contributed by atoms with Gasteiger partial charge >= 0.3 is 0 Å². The Hall–Kier alpha value is -1.49. The number of halogens is 2. The number of aliphatic hydroxyl groups excluding tert-OH is 1. The van der Waals surface area contributed by atoms with Crippen LogP contribution in [0.2, 0.25) is 0 Å². The fourth-order valence-corrected chi connectivity index (χ4v) is 2.28. The predicted octanol–water partition coefficient (Wildman–Crippen LogP) is 1.95. The minimum atomic E-state index is -0.859. The number of benzene rings is 1. The standard InChI is InChI=1S/C13H15F2NO2/c14-9-4-5-11(12(15)7-9)13(18)16-6-2-1-3-10(16)8-17/h4-5,7,10,17H,1-3,6,8H2. The quantitative estimate of drug-likeness (QED) is 0.877. The summed E-state index contributed by atoms with van der Waals surface area (Å²) in [5.41, 5.74) is -0.142. The molecular weight excluding hydrogens is 240 g/mol. The summed E-state index contributed by atoms with van der Waals surface area (Å²) in [6.45, 7) is 0.370. The van der Waals surface area contributed by atoms with Crippen molar-refractivity contribution in [2.45, 2.75) is 25.3 Å². The molecule has 1 aromatic carbocycles. The first-order valence-corrected chi connectivity index (χ1v) is 6.00. The van der Waals surface area contributed by atoms with E-state index in [4.69, 9.17) is 0 Å². The third-order valence-corrected chi connectivity index (χ3v) is 3.26. The average molecular weight is 255 g/mol. The summed E-state index contributed by atoms with van der Waals surface area (Å²) in [6, 6.07) is 2.64. The molecule has 0 saturated carbocycles. The maximum atomic E-state index is 13.5. The molecule has 0 radical (unpaired) electrons. The van der Waals surface area contributed by atoms with E-state index in [1.165, 1.54) is 4.90 Å². The van der Waals surface area contributed by atoms with Crippen LogP contribution in [0.4, 0.5) is 8.78 Å². The molecule has 1 unspecified atom stereocenters. The molecule has 1 N–H and O–H groups in total.